The first-order valence-corrected chi connectivity index (χ1v) is 10.2. The lowest BCUT2D eigenvalue weighted by atomic mass is 10.2. The van der Waals surface area contributed by atoms with Crippen LogP contribution in [0, 0.1) is 17.1 Å². The van der Waals surface area contributed by atoms with Crippen molar-refractivity contribution >= 4 is 35.1 Å². The summed E-state index contributed by atoms with van der Waals surface area (Å²) in [4.78, 5) is 13.2. The Hall–Kier alpha value is -2.83. The molecule has 3 aromatic rings. The van der Waals surface area contributed by atoms with E-state index in [-0.39, 0.29) is 17.5 Å². The van der Waals surface area contributed by atoms with Crippen molar-refractivity contribution in [2.24, 2.45) is 7.05 Å². The van der Waals surface area contributed by atoms with Gasteiger partial charge < -0.3 is 9.88 Å². The molecule has 0 saturated carbocycles. The van der Waals surface area contributed by atoms with Crippen molar-refractivity contribution in [2.45, 2.75) is 10.1 Å². The molecule has 9 heteroatoms. The Balaban J connectivity index is 1.65. The molecule has 1 heterocycles. The van der Waals surface area contributed by atoms with Gasteiger partial charge >= 0.3 is 0 Å². The Labute approximate surface area is 170 Å². The highest BCUT2D eigenvalue weighted by Crippen LogP contribution is 2.28. The number of halogens is 1. The van der Waals surface area contributed by atoms with Gasteiger partial charge in [0.15, 0.2) is 11.0 Å². The normalized spacial score (nSPS) is 10.5. The van der Waals surface area contributed by atoms with Gasteiger partial charge in [-0.3, -0.25) is 4.79 Å². The molecule has 0 aliphatic rings. The number of carbonyl (C=O) groups excluding carboxylic acids is 1. The van der Waals surface area contributed by atoms with E-state index < -0.39 is 0 Å². The maximum absolute atomic E-state index is 14.0. The smallest absolute Gasteiger partial charge is 0.234 e. The Bertz CT molecular complexity index is 1030. The molecule has 1 amide bonds. The predicted octanol–water partition coefficient (Wildman–Crippen LogP) is 3.97. The SMILES string of the molecule is Cn1c(SCC(=O)Nc2ccccc2SCC#N)nnc1-c1ccccc1F. The first-order valence-electron chi connectivity index (χ1n) is 8.26. The number of hydrogen-bond acceptors (Lipinski definition) is 6. The molecular weight excluding hydrogens is 397 g/mol. The zero-order valence-corrected chi connectivity index (χ0v) is 16.6. The number of para-hydroxylation sites is 1. The number of thioether (sulfide) groups is 2. The Morgan fingerprint density at radius 3 is 2.71 bits per heavy atom. The fourth-order valence-electron chi connectivity index (χ4n) is 2.44. The highest BCUT2D eigenvalue weighted by Gasteiger charge is 2.16. The molecule has 0 atom stereocenters. The van der Waals surface area contributed by atoms with Gasteiger partial charge in [-0.2, -0.15) is 5.26 Å². The van der Waals surface area contributed by atoms with E-state index in [0.717, 1.165) is 4.90 Å². The lowest BCUT2D eigenvalue weighted by Gasteiger charge is -2.09. The molecule has 1 aromatic heterocycles. The van der Waals surface area contributed by atoms with Crippen LogP contribution in [0.1, 0.15) is 0 Å². The number of amides is 1. The number of anilines is 1. The van der Waals surface area contributed by atoms with Crippen LogP contribution in [0.25, 0.3) is 11.4 Å². The van der Waals surface area contributed by atoms with E-state index >= 15 is 0 Å². The number of carbonyl (C=O) groups is 1. The predicted molar refractivity (Wildman–Crippen MR) is 109 cm³/mol. The summed E-state index contributed by atoms with van der Waals surface area (Å²) in [6.07, 6.45) is 0. The lowest BCUT2D eigenvalue weighted by molar-refractivity contribution is -0.113. The van der Waals surface area contributed by atoms with E-state index in [2.05, 4.69) is 21.6 Å². The number of nitriles is 1. The van der Waals surface area contributed by atoms with Crippen LogP contribution in [0.5, 0.6) is 0 Å². The molecule has 0 unspecified atom stereocenters. The van der Waals surface area contributed by atoms with Gasteiger partial charge in [0.2, 0.25) is 5.91 Å². The van der Waals surface area contributed by atoms with E-state index in [9.17, 15) is 9.18 Å². The summed E-state index contributed by atoms with van der Waals surface area (Å²) in [5.74, 6) is 0.253. The summed E-state index contributed by atoms with van der Waals surface area (Å²) in [6.45, 7) is 0. The van der Waals surface area contributed by atoms with Crippen LogP contribution in [-0.2, 0) is 11.8 Å². The third-order valence-corrected chi connectivity index (χ3v) is 5.70. The topological polar surface area (TPSA) is 83.6 Å². The van der Waals surface area contributed by atoms with Crippen molar-refractivity contribution < 1.29 is 9.18 Å². The number of nitrogens with zero attached hydrogens (tertiary/aromatic N) is 4. The minimum absolute atomic E-state index is 0.125. The quantitative estimate of drug-likeness (QED) is 0.590. The highest BCUT2D eigenvalue weighted by molar-refractivity contribution is 8.00. The highest BCUT2D eigenvalue weighted by atomic mass is 32.2. The van der Waals surface area contributed by atoms with Gasteiger partial charge in [-0.05, 0) is 24.3 Å². The Morgan fingerprint density at radius 2 is 1.93 bits per heavy atom. The Kier molecular flexibility index (Phi) is 6.68. The van der Waals surface area contributed by atoms with Crippen molar-refractivity contribution in [1.29, 1.82) is 5.26 Å². The van der Waals surface area contributed by atoms with Crippen LogP contribution >= 0.6 is 23.5 Å². The van der Waals surface area contributed by atoms with Crippen molar-refractivity contribution in [3.63, 3.8) is 0 Å². The fraction of sp³-hybridized carbons (Fsp3) is 0.158. The van der Waals surface area contributed by atoms with Gasteiger partial charge in [-0.15, -0.1) is 22.0 Å². The largest absolute Gasteiger partial charge is 0.324 e. The average Bonchev–Trinajstić information content (AvgIpc) is 3.06. The molecule has 2 aromatic carbocycles. The van der Waals surface area contributed by atoms with Gasteiger partial charge in [0, 0.05) is 11.9 Å². The monoisotopic (exact) mass is 413 g/mol. The van der Waals surface area contributed by atoms with E-state index in [0.29, 0.717) is 28.0 Å². The maximum atomic E-state index is 14.0. The molecule has 0 spiro atoms. The van der Waals surface area contributed by atoms with Gasteiger partial charge in [0.05, 0.1) is 28.8 Å². The van der Waals surface area contributed by atoms with Crippen molar-refractivity contribution in [1.82, 2.24) is 14.8 Å². The molecule has 0 bridgehead atoms. The molecule has 0 saturated heterocycles. The molecule has 1 N–H and O–H groups in total. The molecule has 0 fully saturated rings. The van der Waals surface area contributed by atoms with Gasteiger partial charge in [-0.25, -0.2) is 4.39 Å². The zero-order valence-electron chi connectivity index (χ0n) is 14.9. The van der Waals surface area contributed by atoms with Crippen molar-refractivity contribution in [3.8, 4) is 17.5 Å². The van der Waals surface area contributed by atoms with E-state index in [1.807, 2.05) is 18.2 Å². The molecule has 0 aliphatic carbocycles. The number of hydrogen-bond donors (Lipinski definition) is 1. The van der Waals surface area contributed by atoms with Gasteiger partial charge in [-0.1, -0.05) is 36.0 Å². The van der Waals surface area contributed by atoms with Crippen LogP contribution in [0.15, 0.2) is 58.6 Å². The molecule has 3 rings (SSSR count). The molecule has 0 radical (unpaired) electrons. The maximum Gasteiger partial charge on any atom is 0.234 e. The van der Waals surface area contributed by atoms with Crippen LogP contribution < -0.4 is 5.32 Å². The second-order valence-electron chi connectivity index (χ2n) is 5.62. The average molecular weight is 414 g/mol. The lowest BCUT2D eigenvalue weighted by Crippen LogP contribution is -2.15. The third-order valence-electron chi connectivity index (χ3n) is 3.74. The van der Waals surface area contributed by atoms with Crippen LogP contribution in [0.3, 0.4) is 0 Å². The molecule has 6 nitrogen and oxygen atoms in total. The number of benzene rings is 2. The summed E-state index contributed by atoms with van der Waals surface area (Å²) in [7, 11) is 1.73. The molecule has 142 valence electrons. The second-order valence-corrected chi connectivity index (χ2v) is 7.58. The summed E-state index contributed by atoms with van der Waals surface area (Å²) < 4.78 is 15.6. The third kappa shape index (κ3) is 4.71. The van der Waals surface area contributed by atoms with Crippen LogP contribution in [0.2, 0.25) is 0 Å². The van der Waals surface area contributed by atoms with Crippen molar-refractivity contribution in [2.75, 3.05) is 16.8 Å². The van der Waals surface area contributed by atoms with Crippen molar-refractivity contribution in [3.05, 3.63) is 54.3 Å². The summed E-state index contributed by atoms with van der Waals surface area (Å²) >= 11 is 2.58. The number of nitrogens with one attached hydrogen (secondary N) is 1. The van der Waals surface area contributed by atoms with E-state index in [1.165, 1.54) is 29.6 Å². The first-order chi connectivity index (χ1) is 13.6. The van der Waals surface area contributed by atoms with Crippen LogP contribution in [-0.4, -0.2) is 32.2 Å². The molecule has 28 heavy (non-hydrogen) atoms. The van der Waals surface area contributed by atoms with E-state index in [4.69, 9.17) is 5.26 Å². The van der Waals surface area contributed by atoms with Crippen LogP contribution in [0.4, 0.5) is 10.1 Å². The number of rotatable bonds is 7. The minimum atomic E-state index is -0.376. The summed E-state index contributed by atoms with van der Waals surface area (Å²) in [5, 5.41) is 20.2. The van der Waals surface area contributed by atoms with Gasteiger partial charge in [0.25, 0.3) is 0 Å². The molecule has 0 aliphatic heterocycles. The number of aromatic nitrogens is 3. The minimum Gasteiger partial charge on any atom is -0.324 e. The first kappa shape index (κ1) is 19.9. The summed E-state index contributed by atoms with van der Waals surface area (Å²) in [5.41, 5.74) is 1.02. The molecular formula is C19H16FN5OS2. The zero-order chi connectivity index (χ0) is 19.9. The standard InChI is InChI=1S/C19H16FN5OS2/c1-25-18(13-6-2-3-7-14(13)20)23-24-19(25)28-12-17(26)22-15-8-4-5-9-16(15)27-11-10-21/h2-9H,11-12H2,1H3,(H,22,26). The summed E-state index contributed by atoms with van der Waals surface area (Å²) in [6, 6.07) is 15.7. The van der Waals surface area contributed by atoms with Gasteiger partial charge in [0.1, 0.15) is 5.82 Å². The Morgan fingerprint density at radius 1 is 1.18 bits per heavy atom. The second kappa shape index (κ2) is 9.39. The fourth-order valence-corrected chi connectivity index (χ4v) is 3.82. The van der Waals surface area contributed by atoms with E-state index in [1.54, 1.807) is 35.9 Å².